The van der Waals surface area contributed by atoms with Gasteiger partial charge in [0.2, 0.25) is 11.8 Å². The Morgan fingerprint density at radius 1 is 1.31 bits per heavy atom. The maximum absolute atomic E-state index is 14.0. The summed E-state index contributed by atoms with van der Waals surface area (Å²) in [6.45, 7) is -0.314. The smallest absolute Gasteiger partial charge is 0.245 e. The van der Waals surface area contributed by atoms with Crippen LogP contribution in [0.2, 0.25) is 5.02 Å². The largest absolute Gasteiger partial charge is 0.399 e. The van der Waals surface area contributed by atoms with Crippen LogP contribution in [0, 0.1) is 5.82 Å². The number of rotatable bonds is 8. The van der Waals surface area contributed by atoms with E-state index in [0.29, 0.717) is 22.9 Å². The van der Waals surface area contributed by atoms with Crippen molar-refractivity contribution in [1.82, 2.24) is 20.0 Å². The molecule has 3 N–H and O–H groups in total. The lowest BCUT2D eigenvalue weighted by Gasteiger charge is -2.22. The Morgan fingerprint density at radius 2 is 2.09 bits per heavy atom. The van der Waals surface area contributed by atoms with Gasteiger partial charge in [0.25, 0.3) is 0 Å². The molecule has 1 heterocycles. The second kappa shape index (κ2) is 8.96. The van der Waals surface area contributed by atoms with Crippen LogP contribution in [0.4, 0.5) is 10.1 Å². The van der Waals surface area contributed by atoms with E-state index in [4.69, 9.17) is 17.3 Å². The van der Waals surface area contributed by atoms with Gasteiger partial charge in [0.05, 0.1) is 17.1 Å². The minimum atomic E-state index is -0.582. The normalized spacial score (nSPS) is 13.2. The van der Waals surface area contributed by atoms with E-state index in [0.717, 1.165) is 12.8 Å². The fourth-order valence-electron chi connectivity index (χ4n) is 3.54. The highest BCUT2D eigenvalue weighted by molar-refractivity contribution is 6.30. The zero-order valence-electron chi connectivity index (χ0n) is 17.1. The van der Waals surface area contributed by atoms with Crippen molar-refractivity contribution < 1.29 is 18.8 Å². The number of anilines is 1. The zero-order valence-corrected chi connectivity index (χ0v) is 17.8. The molecule has 1 aliphatic rings. The van der Waals surface area contributed by atoms with Crippen LogP contribution in [0.1, 0.15) is 28.9 Å². The third kappa shape index (κ3) is 4.57. The Hall–Kier alpha value is -3.46. The van der Waals surface area contributed by atoms with Crippen molar-refractivity contribution in [2.24, 2.45) is 0 Å². The quantitative estimate of drug-likeness (QED) is 0.399. The molecule has 4 rings (SSSR count). The number of halogens is 2. The van der Waals surface area contributed by atoms with Gasteiger partial charge in [0.15, 0.2) is 6.29 Å². The van der Waals surface area contributed by atoms with Gasteiger partial charge >= 0.3 is 0 Å². The number of aromatic nitrogens is 2. The fraction of sp³-hybridized carbons (Fsp3) is 0.273. The maximum atomic E-state index is 14.0. The number of hydrogen-bond donors (Lipinski definition) is 2. The number of nitrogens with zero attached hydrogens (tertiary/aromatic N) is 3. The average Bonchev–Trinajstić information content (AvgIpc) is 3.55. The lowest BCUT2D eigenvalue weighted by atomic mass is 10.2. The number of nitrogen functional groups attached to an aromatic ring is 1. The third-order valence-electron chi connectivity index (χ3n) is 5.33. The van der Waals surface area contributed by atoms with Gasteiger partial charge in [-0.25, -0.2) is 4.39 Å². The van der Waals surface area contributed by atoms with Crippen molar-refractivity contribution in [3.05, 3.63) is 58.5 Å². The first-order valence-corrected chi connectivity index (χ1v) is 10.5. The highest BCUT2D eigenvalue weighted by Gasteiger charge is 2.34. The minimum Gasteiger partial charge on any atom is -0.399 e. The van der Waals surface area contributed by atoms with Gasteiger partial charge in [-0.3, -0.25) is 19.1 Å². The first kappa shape index (κ1) is 21.8. The average molecular weight is 458 g/mol. The minimum absolute atomic E-state index is 0.0190. The number of carbonyl (C=O) groups excluding carboxylic acids is 3. The molecule has 0 radical (unpaired) electrons. The lowest BCUT2D eigenvalue weighted by molar-refractivity contribution is -0.137. The molecule has 0 atom stereocenters. The van der Waals surface area contributed by atoms with Crippen molar-refractivity contribution in [3.8, 4) is 0 Å². The predicted octanol–water partition coefficient (Wildman–Crippen LogP) is 2.53. The van der Waals surface area contributed by atoms with Crippen LogP contribution in [0.15, 0.2) is 36.4 Å². The molecule has 1 aromatic heterocycles. The van der Waals surface area contributed by atoms with Crippen molar-refractivity contribution in [1.29, 1.82) is 0 Å². The Morgan fingerprint density at radius 3 is 2.81 bits per heavy atom. The lowest BCUT2D eigenvalue weighted by Crippen LogP contribution is -2.43. The Labute approximate surface area is 188 Å². The topological polar surface area (TPSA) is 110 Å². The SMILES string of the molecule is Nc1ccc2c(c1)c(C=O)nn2CC(=O)N(CC(=O)NCc1cccc(Cl)c1F)C1CC1. The van der Waals surface area contributed by atoms with Gasteiger partial charge in [-0.15, -0.1) is 0 Å². The molecule has 8 nitrogen and oxygen atoms in total. The van der Waals surface area contributed by atoms with E-state index in [1.54, 1.807) is 24.3 Å². The molecule has 1 fully saturated rings. The molecule has 0 saturated heterocycles. The summed E-state index contributed by atoms with van der Waals surface area (Å²) in [5.74, 6) is -1.28. The van der Waals surface area contributed by atoms with Crippen LogP contribution >= 0.6 is 11.6 Å². The van der Waals surface area contributed by atoms with Crippen molar-refractivity contribution >= 4 is 46.3 Å². The number of nitrogens with one attached hydrogen (secondary N) is 1. The van der Waals surface area contributed by atoms with E-state index in [1.807, 2.05) is 0 Å². The zero-order chi connectivity index (χ0) is 22.8. The molecule has 1 aliphatic carbocycles. The summed E-state index contributed by atoms with van der Waals surface area (Å²) >= 11 is 5.77. The predicted molar refractivity (Wildman–Crippen MR) is 118 cm³/mol. The van der Waals surface area contributed by atoms with Crippen LogP contribution in [0.5, 0.6) is 0 Å². The fourth-order valence-corrected chi connectivity index (χ4v) is 3.74. The van der Waals surface area contributed by atoms with E-state index in [1.165, 1.54) is 21.7 Å². The molecular formula is C22H21ClFN5O3. The molecule has 0 unspecified atom stereocenters. The maximum Gasteiger partial charge on any atom is 0.245 e. The molecule has 10 heteroatoms. The molecule has 0 spiro atoms. The second-order valence-corrected chi connectivity index (χ2v) is 8.09. The Kier molecular flexibility index (Phi) is 6.09. The molecule has 2 amide bonds. The number of benzene rings is 2. The van der Waals surface area contributed by atoms with Gasteiger partial charge in [-0.1, -0.05) is 23.7 Å². The van der Waals surface area contributed by atoms with Gasteiger partial charge in [-0.2, -0.15) is 5.10 Å². The van der Waals surface area contributed by atoms with Crippen molar-refractivity contribution in [3.63, 3.8) is 0 Å². The first-order valence-electron chi connectivity index (χ1n) is 10.1. The van der Waals surface area contributed by atoms with Gasteiger partial charge in [0.1, 0.15) is 18.1 Å². The standard InChI is InChI=1S/C22H21ClFN5O3/c23-17-3-1-2-13(22(17)24)9-26-20(31)10-28(15-5-6-15)21(32)11-29-19-7-4-14(25)8-16(19)18(12-30)27-29/h1-4,7-8,12,15H,5-6,9-11,25H2,(H,26,31). The van der Waals surface area contributed by atoms with Crippen LogP contribution < -0.4 is 11.1 Å². The Balaban J connectivity index is 1.45. The van der Waals surface area contributed by atoms with Crippen molar-refractivity contribution in [2.75, 3.05) is 12.3 Å². The molecular weight excluding hydrogens is 437 g/mol. The molecule has 32 heavy (non-hydrogen) atoms. The number of nitrogens with two attached hydrogens (primary N) is 1. The van der Waals surface area contributed by atoms with Gasteiger partial charge in [0, 0.05) is 29.2 Å². The summed E-state index contributed by atoms with van der Waals surface area (Å²) in [5.41, 5.74) is 7.34. The number of aldehydes is 1. The van der Waals surface area contributed by atoms with Crippen molar-refractivity contribution in [2.45, 2.75) is 32.0 Å². The highest BCUT2D eigenvalue weighted by Crippen LogP contribution is 2.27. The summed E-state index contributed by atoms with van der Waals surface area (Å²) in [6, 6.07) is 9.53. The summed E-state index contributed by atoms with van der Waals surface area (Å²) in [5, 5.41) is 7.39. The number of amides is 2. The molecule has 1 saturated carbocycles. The molecule has 0 aliphatic heterocycles. The van der Waals surface area contributed by atoms with Crippen LogP contribution in [0.25, 0.3) is 10.9 Å². The number of carbonyl (C=O) groups is 3. The second-order valence-electron chi connectivity index (χ2n) is 7.68. The summed E-state index contributed by atoms with van der Waals surface area (Å²) in [6.07, 6.45) is 2.22. The van der Waals surface area contributed by atoms with E-state index in [2.05, 4.69) is 10.4 Å². The molecule has 2 aromatic carbocycles. The van der Waals surface area contributed by atoms with E-state index >= 15 is 0 Å². The van der Waals surface area contributed by atoms with Crippen LogP contribution in [-0.2, 0) is 22.7 Å². The monoisotopic (exact) mass is 457 g/mol. The van der Waals surface area contributed by atoms with E-state index in [9.17, 15) is 18.8 Å². The summed E-state index contributed by atoms with van der Waals surface area (Å²) in [4.78, 5) is 38.3. The van der Waals surface area contributed by atoms with E-state index < -0.39 is 11.7 Å². The van der Waals surface area contributed by atoms with Crippen LogP contribution in [-0.4, -0.2) is 45.4 Å². The molecule has 3 aromatic rings. The van der Waals surface area contributed by atoms with Gasteiger partial charge in [-0.05, 0) is 37.1 Å². The van der Waals surface area contributed by atoms with Gasteiger partial charge < -0.3 is 16.0 Å². The summed E-state index contributed by atoms with van der Waals surface area (Å²) in [7, 11) is 0. The first-order chi connectivity index (χ1) is 15.4. The van der Waals surface area contributed by atoms with E-state index in [-0.39, 0.29) is 47.9 Å². The third-order valence-corrected chi connectivity index (χ3v) is 5.62. The highest BCUT2D eigenvalue weighted by atomic mass is 35.5. The summed E-state index contributed by atoms with van der Waals surface area (Å²) < 4.78 is 15.5. The Bertz CT molecular complexity index is 1210. The molecule has 166 valence electrons. The van der Waals surface area contributed by atoms with Crippen LogP contribution in [0.3, 0.4) is 0 Å². The molecule has 0 bridgehead atoms. The number of fused-ring (bicyclic) bond motifs is 1. The number of hydrogen-bond acceptors (Lipinski definition) is 5.